The van der Waals surface area contributed by atoms with Gasteiger partial charge >= 0.3 is 31.2 Å². The lowest BCUT2D eigenvalue weighted by Gasteiger charge is -2.30. The Balaban J connectivity index is 2.70. The summed E-state index contributed by atoms with van der Waals surface area (Å²) in [4.78, 5) is 2.86. The summed E-state index contributed by atoms with van der Waals surface area (Å²) in [5, 5.41) is 16.7. The molecule has 2 aromatic rings. The van der Waals surface area contributed by atoms with Gasteiger partial charge in [0.05, 0.1) is 0 Å². The Hall–Kier alpha value is -3.05. The molecular weight excluding hydrogens is 566 g/mol. The van der Waals surface area contributed by atoms with Gasteiger partial charge in [-0.3, -0.25) is 10.7 Å². The molecule has 0 aliphatic carbocycles. The first kappa shape index (κ1) is 31.2. The van der Waals surface area contributed by atoms with Crippen molar-refractivity contribution in [3.05, 3.63) is 63.8 Å². The van der Waals surface area contributed by atoms with E-state index in [9.17, 15) is 49.0 Å². The van der Waals surface area contributed by atoms with Crippen LogP contribution in [-0.4, -0.2) is 40.9 Å². The number of alkyl halides is 10. The van der Waals surface area contributed by atoms with E-state index in [0.717, 1.165) is 24.4 Å². The molecule has 0 saturated heterocycles. The molecule has 0 aliphatic rings. The fourth-order valence-corrected chi connectivity index (χ4v) is 4.36. The Morgan fingerprint density at radius 1 is 1.03 bits per heavy atom. The minimum atomic E-state index is -6.20. The molecule has 212 valence electrons. The molecule has 0 amide bonds. The molecule has 1 unspecified atom stereocenters. The maximum atomic E-state index is 13.3. The number of thiazole rings is 1. The Labute approximate surface area is 211 Å². The first-order chi connectivity index (χ1) is 17.5. The monoisotopic (exact) mass is 584 g/mol. The summed E-state index contributed by atoms with van der Waals surface area (Å²) in [6.07, 6.45) is -8.24. The molecule has 38 heavy (non-hydrogen) atoms. The van der Waals surface area contributed by atoms with Gasteiger partial charge in [-0.05, 0) is 42.7 Å². The van der Waals surface area contributed by atoms with Gasteiger partial charge in [-0.15, -0.1) is 11.3 Å². The van der Waals surface area contributed by atoms with Gasteiger partial charge < -0.3 is 14.6 Å². The Bertz CT molecular complexity index is 1120. The van der Waals surface area contributed by atoms with Crippen molar-refractivity contribution in [2.24, 2.45) is 0 Å². The zero-order chi connectivity index (χ0) is 28.9. The van der Waals surface area contributed by atoms with Crippen molar-refractivity contribution in [3.63, 3.8) is 0 Å². The van der Waals surface area contributed by atoms with Crippen LogP contribution in [0.1, 0.15) is 34.7 Å². The zero-order valence-electron chi connectivity index (χ0n) is 18.8. The largest absolute Gasteiger partial charge is 0.433 e. The normalized spacial score (nSPS) is 14.4. The first-order valence-electron chi connectivity index (χ1n) is 10.1. The van der Waals surface area contributed by atoms with Crippen LogP contribution in [0.25, 0.3) is 0 Å². The van der Waals surface area contributed by atoms with Crippen LogP contribution in [0.5, 0.6) is 11.5 Å². The number of nitrogens with one attached hydrogen (secondary N) is 1. The van der Waals surface area contributed by atoms with Crippen LogP contribution in [0, 0.1) is 0 Å². The summed E-state index contributed by atoms with van der Waals surface area (Å²) >= 11 is -0.150. The predicted molar refractivity (Wildman–Crippen MR) is 112 cm³/mol. The lowest BCUT2D eigenvalue weighted by molar-refractivity contribution is -0.376. The average molecular weight is 584 g/mol. The fraction of sp³-hybridized carbons (Fsp3) is 0.381. The zero-order valence-corrected chi connectivity index (χ0v) is 19.6. The summed E-state index contributed by atoms with van der Waals surface area (Å²) in [7, 11) is 0. The molecule has 0 fully saturated rings. The van der Waals surface area contributed by atoms with E-state index >= 15 is 0 Å². The van der Waals surface area contributed by atoms with Gasteiger partial charge in [0.1, 0.15) is 5.01 Å². The highest BCUT2D eigenvalue weighted by Gasteiger charge is 2.73. The number of aliphatic hydroxyl groups is 1. The summed E-state index contributed by atoms with van der Waals surface area (Å²) in [5.41, 5.74) is -3.36. The van der Waals surface area contributed by atoms with Crippen LogP contribution >= 0.6 is 11.3 Å². The minimum absolute atomic E-state index is 0.0790. The van der Waals surface area contributed by atoms with Gasteiger partial charge in [0, 0.05) is 23.2 Å². The van der Waals surface area contributed by atoms with E-state index in [1.165, 1.54) is 19.1 Å². The number of allylic oxidation sites excluding steroid dienone is 3. The molecule has 0 radical (unpaired) electrons. The predicted octanol–water partition coefficient (Wildman–Crippen LogP) is 6.62. The molecule has 2 rings (SSSR count). The first-order valence-corrected chi connectivity index (χ1v) is 10.9. The number of hydrogen-bond donors (Lipinski definition) is 3. The molecule has 6 nitrogen and oxygen atoms in total. The molecule has 0 saturated carbocycles. The minimum Gasteiger partial charge on any atom is -0.431 e. The van der Waals surface area contributed by atoms with E-state index in [4.69, 9.17) is 5.21 Å². The second-order valence-electron chi connectivity index (χ2n) is 7.32. The van der Waals surface area contributed by atoms with Crippen molar-refractivity contribution < 1.29 is 63.7 Å². The van der Waals surface area contributed by atoms with Crippen molar-refractivity contribution in [1.82, 2.24) is 10.5 Å². The Kier molecular flexibility index (Phi) is 10.0. The number of nitrogens with zero attached hydrogens (tertiary/aromatic N) is 1. The van der Waals surface area contributed by atoms with E-state index in [1.54, 1.807) is 5.48 Å². The topological polar surface area (TPSA) is 83.8 Å². The van der Waals surface area contributed by atoms with Gasteiger partial charge in [0.2, 0.25) is 0 Å². The van der Waals surface area contributed by atoms with Crippen LogP contribution in [0.15, 0.2) is 48.3 Å². The van der Waals surface area contributed by atoms with Crippen LogP contribution in [-0.2, 0) is 5.60 Å². The standard InChI is InChI=1S/C21H18F10N2O4S/c1-2-10(5-6-33-35)7-12(11-3-4-13(36-17(22)23)14(8-11)37-18(24)25)15-9-32-16(38-15)19(34,20(26,27)28)21(29,30)31/h2-6,8-9,12,17-18,33-35H,7H2,1H3/b6-5-,10-2+. The molecule has 0 spiro atoms. The molecule has 1 heterocycles. The van der Waals surface area contributed by atoms with Gasteiger partial charge in [0.25, 0.3) is 0 Å². The van der Waals surface area contributed by atoms with Crippen LogP contribution < -0.4 is 15.0 Å². The van der Waals surface area contributed by atoms with Crippen LogP contribution in [0.4, 0.5) is 43.9 Å². The number of ether oxygens (including phenoxy) is 2. The summed E-state index contributed by atoms with van der Waals surface area (Å²) < 4.78 is 139. The Morgan fingerprint density at radius 2 is 1.61 bits per heavy atom. The van der Waals surface area contributed by atoms with E-state index in [2.05, 4.69) is 14.5 Å². The van der Waals surface area contributed by atoms with Crippen molar-refractivity contribution in [3.8, 4) is 11.5 Å². The SMILES string of the molecule is C/C=C(\C=C/NO)CC(c1ccc(OC(F)F)c(OC(F)F)c1)c1cnc(C(O)(C(F)(F)F)C(F)(F)F)s1. The number of halogens is 10. The third-order valence-corrected chi connectivity index (χ3v) is 6.20. The van der Waals surface area contributed by atoms with Gasteiger partial charge in [-0.2, -0.15) is 43.9 Å². The van der Waals surface area contributed by atoms with Gasteiger partial charge in [-0.25, -0.2) is 4.98 Å². The van der Waals surface area contributed by atoms with Crippen LogP contribution in [0.3, 0.4) is 0 Å². The summed E-state index contributed by atoms with van der Waals surface area (Å²) in [6.45, 7) is -5.44. The molecule has 0 aliphatic heterocycles. The van der Waals surface area contributed by atoms with Crippen molar-refractivity contribution in [2.45, 2.75) is 50.4 Å². The smallest absolute Gasteiger partial charge is 0.431 e. The highest BCUT2D eigenvalue weighted by atomic mass is 32.1. The molecule has 1 aromatic heterocycles. The number of hydroxylamine groups is 1. The van der Waals surface area contributed by atoms with Crippen LogP contribution in [0.2, 0.25) is 0 Å². The molecule has 1 atom stereocenters. The lowest BCUT2D eigenvalue weighted by Crippen LogP contribution is -2.53. The van der Waals surface area contributed by atoms with Crippen molar-refractivity contribution >= 4 is 11.3 Å². The molecule has 3 N–H and O–H groups in total. The summed E-state index contributed by atoms with van der Waals surface area (Å²) in [6, 6.07) is 2.66. The van der Waals surface area contributed by atoms with Gasteiger partial charge in [0.15, 0.2) is 11.5 Å². The highest BCUT2D eigenvalue weighted by Crippen LogP contribution is 2.52. The lowest BCUT2D eigenvalue weighted by atomic mass is 9.90. The number of aromatic nitrogens is 1. The van der Waals surface area contributed by atoms with Crippen molar-refractivity contribution in [1.29, 1.82) is 0 Å². The van der Waals surface area contributed by atoms with E-state index in [-0.39, 0.29) is 28.2 Å². The van der Waals surface area contributed by atoms with E-state index in [1.807, 2.05) is 0 Å². The third-order valence-electron chi connectivity index (χ3n) is 4.98. The molecule has 17 heteroatoms. The fourth-order valence-electron chi connectivity index (χ4n) is 3.19. The number of benzene rings is 1. The second kappa shape index (κ2) is 12.2. The Morgan fingerprint density at radius 3 is 2.11 bits per heavy atom. The second-order valence-corrected chi connectivity index (χ2v) is 8.38. The maximum Gasteiger partial charge on any atom is 0.433 e. The van der Waals surface area contributed by atoms with E-state index < -0.39 is 53.6 Å². The highest BCUT2D eigenvalue weighted by molar-refractivity contribution is 7.11. The van der Waals surface area contributed by atoms with Gasteiger partial charge in [-0.1, -0.05) is 12.1 Å². The molecular formula is C21H18F10N2O4S. The van der Waals surface area contributed by atoms with E-state index in [0.29, 0.717) is 11.8 Å². The quantitative estimate of drug-likeness (QED) is 0.157. The summed E-state index contributed by atoms with van der Waals surface area (Å²) in [5.74, 6) is -2.92. The molecule has 1 aromatic carbocycles. The van der Waals surface area contributed by atoms with Crippen molar-refractivity contribution in [2.75, 3.05) is 0 Å². The third kappa shape index (κ3) is 7.08. The average Bonchev–Trinajstić information content (AvgIpc) is 3.28. The number of rotatable bonds is 11. The number of hydrogen-bond acceptors (Lipinski definition) is 7. The maximum absolute atomic E-state index is 13.3. The molecule has 0 bridgehead atoms.